The molecule has 1 heterocycles. The summed E-state index contributed by atoms with van der Waals surface area (Å²) in [6.45, 7) is 1.63. The van der Waals surface area contributed by atoms with Crippen LogP contribution >= 0.6 is 15.9 Å². The van der Waals surface area contributed by atoms with Crippen molar-refractivity contribution >= 4 is 27.6 Å². The Balaban J connectivity index is 1.67. The van der Waals surface area contributed by atoms with E-state index >= 15 is 0 Å². The number of rotatable bonds is 7. The topological polar surface area (TPSA) is 74.5 Å². The number of aryl methyl sites for hydroxylation is 1. The highest BCUT2D eigenvalue weighted by Crippen LogP contribution is 2.21. The van der Waals surface area contributed by atoms with Crippen LogP contribution in [0.5, 0.6) is 5.75 Å². The first-order chi connectivity index (χ1) is 13.6. The number of aromatic hydroxyl groups is 1. The summed E-state index contributed by atoms with van der Waals surface area (Å²) >= 11 is 3.35. The van der Waals surface area contributed by atoms with Gasteiger partial charge in [0.1, 0.15) is 11.6 Å². The molecule has 3 aromatic rings. The zero-order valence-corrected chi connectivity index (χ0v) is 16.7. The van der Waals surface area contributed by atoms with Gasteiger partial charge in [-0.25, -0.2) is 14.4 Å². The number of nitrogens with zero attached hydrogens (tertiary/aromatic N) is 3. The van der Waals surface area contributed by atoms with E-state index in [1.807, 2.05) is 16.8 Å². The molecule has 3 N–H and O–H groups in total. The molecule has 0 radical (unpaired) electrons. The third-order valence-corrected chi connectivity index (χ3v) is 4.51. The molecule has 0 saturated carbocycles. The molecule has 0 aliphatic carbocycles. The van der Waals surface area contributed by atoms with Crippen LogP contribution in [0.4, 0.5) is 10.1 Å². The second-order valence-electron chi connectivity index (χ2n) is 6.12. The summed E-state index contributed by atoms with van der Waals surface area (Å²) in [6.07, 6.45) is 6.27. The van der Waals surface area contributed by atoms with E-state index < -0.39 is 0 Å². The van der Waals surface area contributed by atoms with Gasteiger partial charge < -0.3 is 20.3 Å². The molecule has 0 aliphatic rings. The Hall–Kier alpha value is -2.87. The maximum absolute atomic E-state index is 14.0. The number of phenolic OH excluding ortho intramolecular Hbond substituents is 1. The second kappa shape index (κ2) is 9.89. The predicted octanol–water partition coefficient (Wildman–Crippen LogP) is 4.14. The van der Waals surface area contributed by atoms with Crippen LogP contribution in [-0.4, -0.2) is 27.2 Å². The molecule has 2 aromatic carbocycles. The van der Waals surface area contributed by atoms with E-state index in [1.54, 1.807) is 42.9 Å². The van der Waals surface area contributed by atoms with Gasteiger partial charge in [-0.2, -0.15) is 0 Å². The maximum atomic E-state index is 14.0. The first-order valence-corrected chi connectivity index (χ1v) is 9.64. The summed E-state index contributed by atoms with van der Waals surface area (Å²) in [5.74, 6) is 0.268. The monoisotopic (exact) mass is 445 g/mol. The minimum atomic E-state index is -0.311. The van der Waals surface area contributed by atoms with Crippen molar-refractivity contribution < 1.29 is 9.50 Å². The van der Waals surface area contributed by atoms with Gasteiger partial charge in [0.15, 0.2) is 5.96 Å². The molecule has 146 valence electrons. The van der Waals surface area contributed by atoms with E-state index in [2.05, 4.69) is 36.5 Å². The third kappa shape index (κ3) is 5.82. The number of benzene rings is 2. The Kier molecular flexibility index (Phi) is 7.02. The minimum absolute atomic E-state index is 0.115. The van der Waals surface area contributed by atoms with Crippen LogP contribution in [0, 0.1) is 5.82 Å². The second-order valence-corrected chi connectivity index (χ2v) is 7.04. The van der Waals surface area contributed by atoms with E-state index in [0.29, 0.717) is 23.8 Å². The van der Waals surface area contributed by atoms with E-state index in [4.69, 9.17) is 0 Å². The van der Waals surface area contributed by atoms with Crippen molar-refractivity contribution in [1.82, 2.24) is 14.9 Å². The molecular weight excluding hydrogens is 425 g/mol. The van der Waals surface area contributed by atoms with Crippen molar-refractivity contribution in [1.29, 1.82) is 0 Å². The number of imidazole rings is 1. The molecule has 0 bridgehead atoms. The predicted molar refractivity (Wildman–Crippen MR) is 112 cm³/mol. The quantitative estimate of drug-likeness (QED) is 0.221. The van der Waals surface area contributed by atoms with Crippen LogP contribution in [0.15, 0.2) is 70.7 Å². The molecule has 8 heteroatoms. The molecular formula is C20H21BrFN5O. The fourth-order valence-corrected chi connectivity index (χ4v) is 2.97. The Morgan fingerprint density at radius 1 is 1.25 bits per heavy atom. The number of anilines is 1. The minimum Gasteiger partial charge on any atom is -0.506 e. The molecule has 6 nitrogen and oxygen atoms in total. The van der Waals surface area contributed by atoms with Crippen molar-refractivity contribution in [3.05, 3.63) is 77.0 Å². The normalized spacial score (nSPS) is 11.4. The number of hydrogen-bond acceptors (Lipinski definition) is 3. The van der Waals surface area contributed by atoms with Gasteiger partial charge in [0.05, 0.1) is 18.6 Å². The van der Waals surface area contributed by atoms with Crippen LogP contribution in [0.25, 0.3) is 0 Å². The summed E-state index contributed by atoms with van der Waals surface area (Å²) in [5.41, 5.74) is 1.00. The highest BCUT2D eigenvalue weighted by molar-refractivity contribution is 9.10. The molecule has 3 rings (SSSR count). The lowest BCUT2D eigenvalue weighted by molar-refractivity contribution is 0.478. The zero-order chi connectivity index (χ0) is 19.8. The third-order valence-electron chi connectivity index (χ3n) is 4.02. The lowest BCUT2D eigenvalue weighted by Gasteiger charge is -2.14. The lowest BCUT2D eigenvalue weighted by Crippen LogP contribution is -2.32. The van der Waals surface area contributed by atoms with Gasteiger partial charge in [0, 0.05) is 35.5 Å². The number of phenols is 1. The Bertz CT molecular complexity index is 930. The number of nitrogens with one attached hydrogen (secondary N) is 2. The largest absolute Gasteiger partial charge is 0.506 e. The Morgan fingerprint density at radius 2 is 2.11 bits per heavy atom. The van der Waals surface area contributed by atoms with Gasteiger partial charge in [0.2, 0.25) is 0 Å². The number of aliphatic imine (C=N–C) groups is 1. The van der Waals surface area contributed by atoms with Crippen molar-refractivity contribution in [2.24, 2.45) is 4.99 Å². The molecule has 0 fully saturated rings. The summed E-state index contributed by atoms with van der Waals surface area (Å²) in [6, 6.07) is 11.7. The first-order valence-electron chi connectivity index (χ1n) is 8.85. The van der Waals surface area contributed by atoms with Crippen LogP contribution < -0.4 is 10.6 Å². The summed E-state index contributed by atoms with van der Waals surface area (Å²) in [7, 11) is 0. The van der Waals surface area contributed by atoms with Crippen molar-refractivity contribution in [3.8, 4) is 5.75 Å². The number of para-hydroxylation sites is 2. The van der Waals surface area contributed by atoms with Gasteiger partial charge >= 0.3 is 0 Å². The molecule has 0 aliphatic heterocycles. The highest BCUT2D eigenvalue weighted by atomic mass is 79.9. The smallest absolute Gasteiger partial charge is 0.196 e. The Labute approximate surface area is 171 Å². The Morgan fingerprint density at radius 3 is 2.89 bits per heavy atom. The fourth-order valence-electron chi connectivity index (χ4n) is 2.56. The van der Waals surface area contributed by atoms with Gasteiger partial charge in [0.25, 0.3) is 0 Å². The van der Waals surface area contributed by atoms with Crippen LogP contribution in [0.2, 0.25) is 0 Å². The van der Waals surface area contributed by atoms with Crippen molar-refractivity contribution in [3.63, 3.8) is 0 Å². The van der Waals surface area contributed by atoms with Gasteiger partial charge in [-0.15, -0.1) is 0 Å². The number of guanidine groups is 1. The average molecular weight is 446 g/mol. The highest BCUT2D eigenvalue weighted by Gasteiger charge is 2.06. The number of halogens is 2. The standard InChI is InChI=1S/C20H21BrFN5O/c21-16-6-7-17(22)15(12-16)13-25-20(26-18-4-1-2-5-19(18)28)24-8-3-10-27-11-9-23-14-27/h1-2,4-7,9,11-12,14,28H,3,8,10,13H2,(H2,24,25,26). The van der Waals surface area contributed by atoms with Crippen LogP contribution in [0.1, 0.15) is 12.0 Å². The molecule has 0 unspecified atom stereocenters. The fraction of sp³-hybridized carbons (Fsp3) is 0.200. The maximum Gasteiger partial charge on any atom is 0.196 e. The van der Waals surface area contributed by atoms with Crippen LogP contribution in [0.3, 0.4) is 0 Å². The van der Waals surface area contributed by atoms with Gasteiger partial charge in [-0.3, -0.25) is 0 Å². The SMILES string of the molecule is Oc1ccccc1NC(=NCc1cc(Br)ccc1F)NCCCn1ccnc1. The number of aromatic nitrogens is 2. The van der Waals surface area contributed by atoms with Crippen LogP contribution in [-0.2, 0) is 13.1 Å². The average Bonchev–Trinajstić information content (AvgIpc) is 3.20. The van der Waals surface area contributed by atoms with E-state index in [9.17, 15) is 9.50 Å². The molecule has 0 spiro atoms. The number of hydrogen-bond donors (Lipinski definition) is 3. The van der Waals surface area contributed by atoms with Crippen molar-refractivity contribution in [2.75, 3.05) is 11.9 Å². The van der Waals surface area contributed by atoms with Gasteiger partial charge in [-0.05, 0) is 36.8 Å². The van der Waals surface area contributed by atoms with Gasteiger partial charge in [-0.1, -0.05) is 28.1 Å². The summed E-state index contributed by atoms with van der Waals surface area (Å²) in [5, 5.41) is 16.3. The zero-order valence-electron chi connectivity index (χ0n) is 15.1. The van der Waals surface area contributed by atoms with E-state index in [-0.39, 0.29) is 18.1 Å². The lowest BCUT2D eigenvalue weighted by atomic mass is 10.2. The molecule has 0 amide bonds. The molecule has 0 atom stereocenters. The molecule has 1 aromatic heterocycles. The molecule has 28 heavy (non-hydrogen) atoms. The first kappa shape index (κ1) is 19.9. The van der Waals surface area contributed by atoms with E-state index in [1.165, 1.54) is 6.07 Å². The summed E-state index contributed by atoms with van der Waals surface area (Å²) in [4.78, 5) is 8.49. The van der Waals surface area contributed by atoms with E-state index in [0.717, 1.165) is 17.4 Å². The molecule has 0 saturated heterocycles. The summed E-state index contributed by atoms with van der Waals surface area (Å²) < 4.78 is 16.8. The van der Waals surface area contributed by atoms with Crippen molar-refractivity contribution in [2.45, 2.75) is 19.5 Å².